The Morgan fingerprint density at radius 3 is 1.73 bits per heavy atom. The normalized spacial score (nSPS) is 11.4. The van der Waals surface area contributed by atoms with E-state index in [1.54, 1.807) is 0 Å². The van der Waals surface area contributed by atoms with Crippen molar-refractivity contribution in [2.24, 2.45) is 0 Å². The van der Waals surface area contributed by atoms with Crippen LogP contribution in [0.1, 0.15) is 5.82 Å². The predicted octanol–water partition coefficient (Wildman–Crippen LogP) is 12.3. The maximum Gasteiger partial charge on any atom is 0.111 e. The van der Waals surface area contributed by atoms with Gasteiger partial charge in [0.05, 0.1) is 16.7 Å². The Balaban J connectivity index is 1.40. The number of aryl methyl sites for hydroxylation is 1. The van der Waals surface area contributed by atoms with Crippen LogP contribution in [-0.2, 0) is 0 Å². The molecule has 0 amide bonds. The van der Waals surface area contributed by atoms with Gasteiger partial charge in [-0.3, -0.25) is 4.57 Å². The summed E-state index contributed by atoms with van der Waals surface area (Å²) < 4.78 is 2.31. The van der Waals surface area contributed by atoms with E-state index in [0.717, 1.165) is 22.5 Å². The summed E-state index contributed by atoms with van der Waals surface area (Å²) in [6, 6.07) is 63.5. The molecular weight excluding hydrogens is 581 g/mol. The average Bonchev–Trinajstić information content (AvgIpc) is 3.49. The summed E-state index contributed by atoms with van der Waals surface area (Å²) in [7, 11) is 0. The highest BCUT2D eigenvalue weighted by molar-refractivity contribution is 6.22. The Hall–Kier alpha value is -6.25. The topological polar surface area (TPSA) is 17.8 Å². The number of imidazole rings is 1. The van der Waals surface area contributed by atoms with Crippen LogP contribution in [-0.4, -0.2) is 9.55 Å². The monoisotopic (exact) mass is 612 g/mol. The Morgan fingerprint density at radius 2 is 0.958 bits per heavy atom. The molecule has 0 atom stereocenters. The van der Waals surface area contributed by atoms with Gasteiger partial charge >= 0.3 is 0 Å². The number of fused-ring (bicyclic) bond motifs is 3. The van der Waals surface area contributed by atoms with Crippen molar-refractivity contribution in [1.82, 2.24) is 9.55 Å². The highest BCUT2D eigenvalue weighted by Gasteiger charge is 2.21. The second-order valence-corrected chi connectivity index (χ2v) is 12.4. The van der Waals surface area contributed by atoms with Crippen molar-refractivity contribution in [3.05, 3.63) is 182 Å². The molecule has 0 N–H and O–H groups in total. The van der Waals surface area contributed by atoms with Crippen LogP contribution in [0.5, 0.6) is 0 Å². The van der Waals surface area contributed by atoms with Crippen LogP contribution < -0.4 is 0 Å². The second-order valence-electron chi connectivity index (χ2n) is 12.4. The quantitative estimate of drug-likeness (QED) is 0.177. The molecule has 48 heavy (non-hydrogen) atoms. The van der Waals surface area contributed by atoms with Gasteiger partial charge in [0.1, 0.15) is 5.82 Å². The average molecular weight is 613 g/mol. The van der Waals surface area contributed by atoms with E-state index < -0.39 is 0 Å². The van der Waals surface area contributed by atoms with E-state index in [-0.39, 0.29) is 0 Å². The highest BCUT2D eigenvalue weighted by atomic mass is 15.1. The Kier molecular flexibility index (Phi) is 6.72. The minimum Gasteiger partial charge on any atom is -0.296 e. The van der Waals surface area contributed by atoms with Gasteiger partial charge in [-0.05, 0) is 97.7 Å². The van der Waals surface area contributed by atoms with Crippen molar-refractivity contribution in [3.8, 4) is 50.2 Å². The lowest BCUT2D eigenvalue weighted by molar-refractivity contribution is 1.00. The third-order valence-corrected chi connectivity index (χ3v) is 9.53. The molecule has 2 nitrogen and oxygen atoms in total. The fourth-order valence-corrected chi connectivity index (χ4v) is 7.41. The molecule has 0 aliphatic heterocycles. The molecule has 0 saturated heterocycles. The maximum atomic E-state index is 4.94. The van der Waals surface area contributed by atoms with Crippen LogP contribution in [0, 0.1) is 6.92 Å². The third-order valence-electron chi connectivity index (χ3n) is 9.53. The summed E-state index contributed by atoms with van der Waals surface area (Å²) >= 11 is 0. The lowest BCUT2D eigenvalue weighted by atomic mass is 9.84. The second kappa shape index (κ2) is 11.5. The molecule has 0 saturated carbocycles. The summed E-state index contributed by atoms with van der Waals surface area (Å²) in [6.07, 6.45) is 0. The summed E-state index contributed by atoms with van der Waals surface area (Å²) in [4.78, 5) is 4.94. The lowest BCUT2D eigenvalue weighted by Crippen LogP contribution is -2.01. The molecule has 0 spiro atoms. The van der Waals surface area contributed by atoms with Crippen LogP contribution in [0.3, 0.4) is 0 Å². The molecule has 0 fully saturated rings. The Morgan fingerprint density at radius 1 is 0.396 bits per heavy atom. The van der Waals surface area contributed by atoms with Gasteiger partial charge in [0.2, 0.25) is 0 Å². The molecule has 0 aliphatic rings. The Labute approximate surface area is 280 Å². The van der Waals surface area contributed by atoms with E-state index >= 15 is 0 Å². The highest BCUT2D eigenvalue weighted by Crippen LogP contribution is 2.47. The molecular formula is C46H32N2. The first kappa shape index (κ1) is 28.0. The first-order chi connectivity index (χ1) is 23.7. The van der Waals surface area contributed by atoms with E-state index in [1.165, 1.54) is 66.1 Å². The van der Waals surface area contributed by atoms with Crippen molar-refractivity contribution in [2.45, 2.75) is 6.92 Å². The zero-order valence-corrected chi connectivity index (χ0v) is 26.6. The minimum absolute atomic E-state index is 0.970. The predicted molar refractivity (Wildman–Crippen MR) is 203 cm³/mol. The summed E-state index contributed by atoms with van der Waals surface area (Å²) in [5, 5.41) is 4.92. The largest absolute Gasteiger partial charge is 0.296 e. The summed E-state index contributed by atoms with van der Waals surface area (Å²) in [6.45, 7) is 2.10. The van der Waals surface area contributed by atoms with Crippen molar-refractivity contribution >= 4 is 32.6 Å². The van der Waals surface area contributed by atoms with Crippen molar-refractivity contribution < 1.29 is 0 Å². The number of hydrogen-bond acceptors (Lipinski definition) is 1. The van der Waals surface area contributed by atoms with E-state index in [0.29, 0.717) is 0 Å². The smallest absolute Gasteiger partial charge is 0.111 e. The first-order valence-electron chi connectivity index (χ1n) is 16.5. The van der Waals surface area contributed by atoms with Gasteiger partial charge in [0.25, 0.3) is 0 Å². The number of para-hydroxylation sites is 3. The van der Waals surface area contributed by atoms with Gasteiger partial charge in [-0.25, -0.2) is 4.98 Å². The van der Waals surface area contributed by atoms with Gasteiger partial charge in [-0.2, -0.15) is 0 Å². The van der Waals surface area contributed by atoms with Gasteiger partial charge in [0.15, 0.2) is 0 Å². The van der Waals surface area contributed by atoms with Crippen LogP contribution in [0.4, 0.5) is 0 Å². The van der Waals surface area contributed by atoms with Crippen molar-refractivity contribution in [1.29, 1.82) is 0 Å². The summed E-state index contributed by atoms with van der Waals surface area (Å²) in [5.41, 5.74) is 12.9. The number of benzene rings is 8. The van der Waals surface area contributed by atoms with Gasteiger partial charge in [-0.1, -0.05) is 146 Å². The first-order valence-corrected chi connectivity index (χ1v) is 16.5. The molecule has 0 radical (unpaired) electrons. The summed E-state index contributed by atoms with van der Waals surface area (Å²) in [5.74, 6) is 0.970. The number of rotatable bonds is 5. The standard InChI is InChI=1S/C46H32N2/c1-31-47-42-24-11-13-26-44(42)48(31)43-25-12-10-23-40(43)46-38-22-9-8-21-37(38)45(36-20-14-19-34(29-36)32-15-4-2-5-16-32)41-30-35(27-28-39(41)46)33-17-6-3-7-18-33/h2-30H,1H3. The molecule has 0 bridgehead atoms. The lowest BCUT2D eigenvalue weighted by Gasteiger charge is -2.21. The van der Waals surface area contributed by atoms with Gasteiger partial charge < -0.3 is 0 Å². The molecule has 0 aliphatic carbocycles. The molecule has 9 rings (SSSR count). The molecule has 2 heteroatoms. The van der Waals surface area contributed by atoms with E-state index in [1.807, 2.05) is 0 Å². The van der Waals surface area contributed by atoms with Crippen LogP contribution >= 0.6 is 0 Å². The van der Waals surface area contributed by atoms with E-state index in [2.05, 4.69) is 187 Å². The number of aromatic nitrogens is 2. The number of hydrogen-bond donors (Lipinski definition) is 0. The van der Waals surface area contributed by atoms with Gasteiger partial charge in [-0.15, -0.1) is 0 Å². The zero-order valence-electron chi connectivity index (χ0n) is 26.6. The molecule has 1 heterocycles. The van der Waals surface area contributed by atoms with Gasteiger partial charge in [0, 0.05) is 5.56 Å². The Bertz CT molecular complexity index is 2610. The molecule has 0 unspecified atom stereocenters. The van der Waals surface area contributed by atoms with Crippen molar-refractivity contribution in [2.75, 3.05) is 0 Å². The SMILES string of the molecule is Cc1nc2ccccc2n1-c1ccccc1-c1c2ccccc2c(-c2cccc(-c3ccccc3)c2)c2cc(-c3ccccc3)ccc12. The minimum atomic E-state index is 0.970. The number of nitrogens with zero attached hydrogens (tertiary/aromatic N) is 2. The van der Waals surface area contributed by atoms with Crippen LogP contribution in [0.25, 0.3) is 82.8 Å². The van der Waals surface area contributed by atoms with Crippen LogP contribution in [0.2, 0.25) is 0 Å². The van der Waals surface area contributed by atoms with Crippen LogP contribution in [0.15, 0.2) is 176 Å². The maximum absolute atomic E-state index is 4.94. The molecule has 8 aromatic carbocycles. The fraction of sp³-hybridized carbons (Fsp3) is 0.0217. The van der Waals surface area contributed by atoms with E-state index in [4.69, 9.17) is 4.98 Å². The zero-order chi connectivity index (χ0) is 32.0. The van der Waals surface area contributed by atoms with E-state index in [9.17, 15) is 0 Å². The third kappa shape index (κ3) is 4.61. The molecule has 1 aromatic heterocycles. The fourth-order valence-electron chi connectivity index (χ4n) is 7.41. The molecule has 226 valence electrons. The molecule has 9 aromatic rings. The van der Waals surface area contributed by atoms with Crippen molar-refractivity contribution in [3.63, 3.8) is 0 Å².